The van der Waals surface area contributed by atoms with Gasteiger partial charge in [0.15, 0.2) is 5.82 Å². The molecule has 134 valence electrons. The highest BCUT2D eigenvalue weighted by molar-refractivity contribution is 7.13. The summed E-state index contributed by atoms with van der Waals surface area (Å²) >= 11 is 1.67. The summed E-state index contributed by atoms with van der Waals surface area (Å²) in [6.07, 6.45) is 8.57. The normalized spacial score (nSPS) is 29.7. The number of aromatic nitrogens is 2. The van der Waals surface area contributed by atoms with Gasteiger partial charge in [-0.3, -0.25) is 4.90 Å². The van der Waals surface area contributed by atoms with E-state index in [4.69, 9.17) is 9.47 Å². The van der Waals surface area contributed by atoms with E-state index in [0.717, 1.165) is 55.0 Å². The van der Waals surface area contributed by atoms with Gasteiger partial charge in [-0.25, -0.2) is 9.97 Å². The van der Waals surface area contributed by atoms with Crippen LogP contribution in [0.3, 0.4) is 0 Å². The van der Waals surface area contributed by atoms with Gasteiger partial charge >= 0.3 is 0 Å². The fourth-order valence-electron chi connectivity index (χ4n) is 4.36. The number of hydrogen-bond acceptors (Lipinski definition) is 6. The molecule has 5 nitrogen and oxygen atoms in total. The van der Waals surface area contributed by atoms with Crippen LogP contribution in [0.2, 0.25) is 0 Å². The first-order valence-corrected chi connectivity index (χ1v) is 9.79. The van der Waals surface area contributed by atoms with Crippen molar-refractivity contribution < 1.29 is 9.47 Å². The van der Waals surface area contributed by atoms with Gasteiger partial charge in [0.05, 0.1) is 16.6 Å². The van der Waals surface area contributed by atoms with Crippen LogP contribution in [0.1, 0.15) is 31.2 Å². The van der Waals surface area contributed by atoms with Crippen molar-refractivity contribution in [3.05, 3.63) is 35.5 Å². The Morgan fingerprint density at radius 2 is 2.12 bits per heavy atom. The zero-order chi connectivity index (χ0) is 17.3. The van der Waals surface area contributed by atoms with E-state index in [1.54, 1.807) is 11.3 Å². The Balaban J connectivity index is 1.48. The standard InChI is InChI=1S/C19H25N3O2S/c1-23-15-5-6-19(24-2)7-8-22(17(19)10-15)13-14-11-20-18(21-12-14)16-4-3-9-25-16/h3-4,9,11-12,15,17H,5-8,10,13H2,1-2H3/t15-,17+,19-/m1/s1. The molecule has 1 saturated heterocycles. The average Bonchev–Trinajstić information content (AvgIpc) is 3.31. The second kappa shape index (κ2) is 7.11. The van der Waals surface area contributed by atoms with Gasteiger partial charge in [-0.2, -0.15) is 0 Å². The maximum atomic E-state index is 6.00. The molecule has 2 aromatic heterocycles. The lowest BCUT2D eigenvalue weighted by atomic mass is 9.79. The molecule has 25 heavy (non-hydrogen) atoms. The second-order valence-electron chi connectivity index (χ2n) is 7.03. The topological polar surface area (TPSA) is 47.5 Å². The summed E-state index contributed by atoms with van der Waals surface area (Å²) in [5.41, 5.74) is 1.15. The third kappa shape index (κ3) is 3.24. The van der Waals surface area contributed by atoms with E-state index in [9.17, 15) is 0 Å². The molecule has 3 atom stereocenters. The third-order valence-corrected chi connectivity index (χ3v) is 6.68. The number of rotatable bonds is 5. The number of nitrogens with zero attached hydrogens (tertiary/aromatic N) is 3. The van der Waals surface area contributed by atoms with Gasteiger partial charge in [-0.05, 0) is 37.1 Å². The minimum absolute atomic E-state index is 0.00715. The second-order valence-corrected chi connectivity index (χ2v) is 7.98. The summed E-state index contributed by atoms with van der Waals surface area (Å²) in [6, 6.07) is 4.49. The number of ether oxygens (including phenoxy) is 2. The molecule has 2 aliphatic rings. The Hall–Kier alpha value is -1.34. The molecule has 3 heterocycles. The van der Waals surface area contributed by atoms with Crippen LogP contribution in [-0.2, 0) is 16.0 Å². The maximum absolute atomic E-state index is 6.00. The zero-order valence-corrected chi connectivity index (χ0v) is 15.7. The van der Waals surface area contributed by atoms with Gasteiger partial charge in [0, 0.05) is 51.3 Å². The maximum Gasteiger partial charge on any atom is 0.169 e. The lowest BCUT2D eigenvalue weighted by Gasteiger charge is -2.43. The van der Waals surface area contributed by atoms with Crippen LogP contribution >= 0.6 is 11.3 Å². The highest BCUT2D eigenvalue weighted by Gasteiger charge is 2.50. The molecule has 2 fully saturated rings. The minimum Gasteiger partial charge on any atom is -0.381 e. The van der Waals surface area contributed by atoms with Gasteiger partial charge in [0.2, 0.25) is 0 Å². The molecule has 0 spiro atoms. The lowest BCUT2D eigenvalue weighted by Crippen LogP contribution is -2.51. The summed E-state index contributed by atoms with van der Waals surface area (Å²) in [7, 11) is 3.68. The first-order valence-electron chi connectivity index (χ1n) is 8.91. The number of hydrogen-bond donors (Lipinski definition) is 0. The molecule has 1 aliphatic heterocycles. The van der Waals surface area contributed by atoms with E-state index in [0.29, 0.717) is 12.1 Å². The van der Waals surface area contributed by atoms with Crippen molar-refractivity contribution in [2.75, 3.05) is 20.8 Å². The van der Waals surface area contributed by atoms with Crippen molar-refractivity contribution in [2.24, 2.45) is 0 Å². The smallest absolute Gasteiger partial charge is 0.169 e. The number of fused-ring (bicyclic) bond motifs is 1. The van der Waals surface area contributed by atoms with E-state index in [1.807, 2.05) is 32.7 Å². The highest BCUT2D eigenvalue weighted by Crippen LogP contribution is 2.43. The van der Waals surface area contributed by atoms with Gasteiger partial charge in [-0.15, -0.1) is 11.3 Å². The van der Waals surface area contributed by atoms with Gasteiger partial charge in [0.25, 0.3) is 0 Å². The Morgan fingerprint density at radius 3 is 2.80 bits per heavy atom. The highest BCUT2D eigenvalue weighted by atomic mass is 32.1. The van der Waals surface area contributed by atoms with Crippen LogP contribution in [0.25, 0.3) is 10.7 Å². The van der Waals surface area contributed by atoms with E-state index in [2.05, 4.69) is 26.3 Å². The van der Waals surface area contributed by atoms with Crippen molar-refractivity contribution in [2.45, 2.75) is 50.0 Å². The molecule has 0 aromatic carbocycles. The summed E-state index contributed by atoms with van der Waals surface area (Å²) in [4.78, 5) is 12.7. The van der Waals surface area contributed by atoms with Crippen LogP contribution in [0, 0.1) is 0 Å². The van der Waals surface area contributed by atoms with Crippen LogP contribution in [0.15, 0.2) is 29.9 Å². The van der Waals surface area contributed by atoms with Crippen molar-refractivity contribution in [1.29, 1.82) is 0 Å². The molecule has 1 saturated carbocycles. The Kier molecular flexibility index (Phi) is 4.86. The predicted molar refractivity (Wildman–Crippen MR) is 98.5 cm³/mol. The molecule has 4 rings (SSSR count). The van der Waals surface area contributed by atoms with Crippen LogP contribution in [-0.4, -0.2) is 53.4 Å². The average molecular weight is 359 g/mol. The molecule has 0 bridgehead atoms. The van der Waals surface area contributed by atoms with E-state index in [1.165, 1.54) is 0 Å². The van der Waals surface area contributed by atoms with Crippen LogP contribution < -0.4 is 0 Å². The lowest BCUT2D eigenvalue weighted by molar-refractivity contribution is -0.0947. The van der Waals surface area contributed by atoms with Gasteiger partial charge in [-0.1, -0.05) is 6.07 Å². The summed E-state index contributed by atoms with van der Waals surface area (Å²) < 4.78 is 11.6. The summed E-state index contributed by atoms with van der Waals surface area (Å²) in [5.74, 6) is 0.809. The first kappa shape index (κ1) is 17.1. The fourth-order valence-corrected chi connectivity index (χ4v) is 5.03. The monoisotopic (exact) mass is 359 g/mol. The van der Waals surface area contributed by atoms with Crippen molar-refractivity contribution in [1.82, 2.24) is 14.9 Å². The quantitative estimate of drug-likeness (QED) is 0.819. The largest absolute Gasteiger partial charge is 0.381 e. The molecule has 2 aromatic rings. The van der Waals surface area contributed by atoms with Gasteiger partial charge in [0.1, 0.15) is 0 Å². The molecule has 0 amide bonds. The first-order chi connectivity index (χ1) is 12.2. The summed E-state index contributed by atoms with van der Waals surface area (Å²) in [6.45, 7) is 1.93. The van der Waals surface area contributed by atoms with E-state index >= 15 is 0 Å². The number of thiophene rings is 1. The number of methoxy groups -OCH3 is 2. The van der Waals surface area contributed by atoms with E-state index < -0.39 is 0 Å². The summed E-state index contributed by atoms with van der Waals surface area (Å²) in [5, 5.41) is 2.05. The minimum atomic E-state index is -0.00715. The molecular weight excluding hydrogens is 334 g/mol. The van der Waals surface area contributed by atoms with Crippen LogP contribution in [0.4, 0.5) is 0 Å². The SMILES string of the molecule is CO[C@@H]1CC[C@@]2(OC)CCN(Cc3cnc(-c4cccs4)nc3)[C@H]2C1. The molecule has 6 heteroatoms. The van der Waals surface area contributed by atoms with Gasteiger partial charge < -0.3 is 9.47 Å². The Bertz CT molecular complexity index is 691. The van der Waals surface area contributed by atoms with Crippen molar-refractivity contribution >= 4 is 11.3 Å². The van der Waals surface area contributed by atoms with Crippen molar-refractivity contribution in [3.63, 3.8) is 0 Å². The Labute approximate surface area is 153 Å². The fraction of sp³-hybridized carbons (Fsp3) is 0.579. The predicted octanol–water partition coefficient (Wildman–Crippen LogP) is 3.36. The molecular formula is C19H25N3O2S. The van der Waals surface area contributed by atoms with Crippen LogP contribution in [0.5, 0.6) is 0 Å². The van der Waals surface area contributed by atoms with E-state index in [-0.39, 0.29) is 5.60 Å². The molecule has 0 radical (unpaired) electrons. The molecule has 0 N–H and O–H groups in total. The van der Waals surface area contributed by atoms with Crippen molar-refractivity contribution in [3.8, 4) is 10.7 Å². The third-order valence-electron chi connectivity index (χ3n) is 5.82. The Morgan fingerprint density at radius 1 is 1.28 bits per heavy atom. The molecule has 0 unspecified atom stereocenters. The molecule has 1 aliphatic carbocycles. The number of likely N-dealkylation sites (tertiary alicyclic amines) is 1. The zero-order valence-electron chi connectivity index (χ0n) is 14.9.